The van der Waals surface area contributed by atoms with Gasteiger partial charge >= 0.3 is 5.97 Å². The summed E-state index contributed by atoms with van der Waals surface area (Å²) >= 11 is 0. The van der Waals surface area contributed by atoms with Crippen molar-refractivity contribution in [1.29, 1.82) is 0 Å². The van der Waals surface area contributed by atoms with Gasteiger partial charge in [-0.3, -0.25) is 0 Å². The first-order valence-electron chi connectivity index (χ1n) is 5.93. The van der Waals surface area contributed by atoms with Crippen LogP contribution in [0.5, 0.6) is 0 Å². The number of nitrogens with zero attached hydrogens (tertiary/aromatic N) is 2. The molecule has 1 fully saturated rings. The van der Waals surface area contributed by atoms with Crippen LogP contribution in [0.4, 0.5) is 0 Å². The molecule has 0 spiro atoms. The minimum absolute atomic E-state index is 0.0515. The van der Waals surface area contributed by atoms with Gasteiger partial charge in [-0.2, -0.15) is 10.3 Å². The summed E-state index contributed by atoms with van der Waals surface area (Å²) in [7, 11) is 0. The lowest BCUT2D eigenvalue weighted by atomic mass is 9.97. The molecule has 1 aromatic rings. The van der Waals surface area contributed by atoms with Crippen LogP contribution in [0.2, 0.25) is 0 Å². The Bertz CT molecular complexity index is 385. The van der Waals surface area contributed by atoms with Gasteiger partial charge in [0.15, 0.2) is 5.69 Å². The molecule has 0 aliphatic carbocycles. The van der Waals surface area contributed by atoms with Crippen molar-refractivity contribution in [2.75, 3.05) is 13.2 Å². The smallest absolute Gasteiger partial charge is 0.360 e. The fraction of sp³-hybridized carbons (Fsp3) is 0.727. The third kappa shape index (κ3) is 2.46. The third-order valence-electron chi connectivity index (χ3n) is 3.00. The van der Waals surface area contributed by atoms with Crippen molar-refractivity contribution in [2.24, 2.45) is 0 Å². The van der Waals surface area contributed by atoms with Crippen molar-refractivity contribution >= 4 is 5.97 Å². The van der Waals surface area contributed by atoms with Crippen LogP contribution in [0.15, 0.2) is 0 Å². The predicted octanol–water partition coefficient (Wildman–Crippen LogP) is 1.26. The zero-order valence-electron chi connectivity index (χ0n) is 10.1. The summed E-state index contributed by atoms with van der Waals surface area (Å²) in [4.78, 5) is 11.7. The van der Waals surface area contributed by atoms with Gasteiger partial charge in [0.1, 0.15) is 5.69 Å². The van der Waals surface area contributed by atoms with Gasteiger partial charge in [-0.15, -0.1) is 5.10 Å². The van der Waals surface area contributed by atoms with Crippen LogP contribution in [-0.4, -0.2) is 40.7 Å². The van der Waals surface area contributed by atoms with Gasteiger partial charge in [0, 0.05) is 12.5 Å². The lowest BCUT2D eigenvalue weighted by Gasteiger charge is -2.16. The molecule has 0 amide bonds. The summed E-state index contributed by atoms with van der Waals surface area (Å²) in [6.07, 6.45) is 2.17. The van der Waals surface area contributed by atoms with Crippen molar-refractivity contribution < 1.29 is 14.3 Å². The molecule has 6 heteroatoms. The first-order chi connectivity index (χ1) is 8.24. The third-order valence-corrected chi connectivity index (χ3v) is 3.00. The summed E-state index contributed by atoms with van der Waals surface area (Å²) in [5.41, 5.74) is 0.908. The number of rotatable bonds is 4. The molecule has 0 saturated carbocycles. The molecule has 1 saturated heterocycles. The summed E-state index contributed by atoms with van der Waals surface area (Å²) < 4.78 is 10.5. The van der Waals surface area contributed by atoms with E-state index in [0.29, 0.717) is 12.3 Å². The maximum atomic E-state index is 11.7. The standard InChI is InChI=1S/C11H17N3O3/c1-3-16-11(15)10-9(12-14-13-10)7(2)8-5-4-6-17-8/h7-8H,3-6H2,1-2H3,(H,12,13,14). The monoisotopic (exact) mass is 239 g/mol. The van der Waals surface area contributed by atoms with Crippen molar-refractivity contribution in [1.82, 2.24) is 15.4 Å². The second kappa shape index (κ2) is 5.27. The van der Waals surface area contributed by atoms with E-state index in [1.54, 1.807) is 6.92 Å². The zero-order valence-corrected chi connectivity index (χ0v) is 10.1. The quantitative estimate of drug-likeness (QED) is 0.800. The van der Waals surface area contributed by atoms with E-state index >= 15 is 0 Å². The van der Waals surface area contributed by atoms with Crippen LogP contribution in [0.1, 0.15) is 48.8 Å². The van der Waals surface area contributed by atoms with E-state index in [1.165, 1.54) is 0 Å². The van der Waals surface area contributed by atoms with E-state index in [9.17, 15) is 4.79 Å². The zero-order chi connectivity index (χ0) is 12.3. The molecular formula is C11H17N3O3. The summed E-state index contributed by atoms with van der Waals surface area (Å²) in [6, 6.07) is 0. The van der Waals surface area contributed by atoms with E-state index in [2.05, 4.69) is 15.4 Å². The number of nitrogens with one attached hydrogen (secondary N) is 1. The molecule has 1 aromatic heterocycles. The highest BCUT2D eigenvalue weighted by Gasteiger charge is 2.30. The number of esters is 1. The first kappa shape index (κ1) is 12.0. The van der Waals surface area contributed by atoms with E-state index in [-0.39, 0.29) is 17.7 Å². The van der Waals surface area contributed by atoms with Crippen molar-refractivity contribution in [3.63, 3.8) is 0 Å². The number of ether oxygens (including phenoxy) is 2. The average Bonchev–Trinajstić information content (AvgIpc) is 3.00. The van der Waals surface area contributed by atoms with E-state index in [4.69, 9.17) is 9.47 Å². The van der Waals surface area contributed by atoms with Crippen LogP contribution in [-0.2, 0) is 9.47 Å². The van der Waals surface area contributed by atoms with Gasteiger partial charge in [-0.1, -0.05) is 6.92 Å². The Balaban J connectivity index is 2.14. The molecule has 0 bridgehead atoms. The molecule has 0 radical (unpaired) electrons. The molecule has 0 aromatic carbocycles. The van der Waals surface area contributed by atoms with Crippen molar-refractivity contribution in [2.45, 2.75) is 38.7 Å². The molecular weight excluding hydrogens is 222 g/mol. The van der Waals surface area contributed by atoms with E-state index in [1.807, 2.05) is 6.92 Å². The second-order valence-electron chi connectivity index (χ2n) is 4.12. The van der Waals surface area contributed by atoms with Crippen LogP contribution >= 0.6 is 0 Å². The van der Waals surface area contributed by atoms with Gasteiger partial charge in [0.05, 0.1) is 12.7 Å². The maximum Gasteiger partial charge on any atom is 0.360 e. The Labute approximate surface area is 99.7 Å². The summed E-state index contributed by atoms with van der Waals surface area (Å²) in [5, 5.41) is 10.4. The number of carbonyl (C=O) groups is 1. The van der Waals surface area contributed by atoms with Gasteiger partial charge in [0.25, 0.3) is 0 Å². The van der Waals surface area contributed by atoms with Crippen molar-refractivity contribution in [3.8, 4) is 0 Å². The van der Waals surface area contributed by atoms with Crippen LogP contribution in [0.3, 0.4) is 0 Å². The van der Waals surface area contributed by atoms with Gasteiger partial charge in [0.2, 0.25) is 0 Å². The fourth-order valence-electron chi connectivity index (χ4n) is 2.08. The normalized spacial score (nSPS) is 21.4. The topological polar surface area (TPSA) is 77.1 Å². The van der Waals surface area contributed by atoms with Gasteiger partial charge in [-0.05, 0) is 19.8 Å². The minimum Gasteiger partial charge on any atom is -0.461 e. The second-order valence-corrected chi connectivity index (χ2v) is 4.12. The molecule has 1 aliphatic rings. The number of hydrogen-bond donors (Lipinski definition) is 1. The maximum absolute atomic E-state index is 11.7. The van der Waals surface area contributed by atoms with Gasteiger partial charge in [-0.25, -0.2) is 4.79 Å². The predicted molar refractivity (Wildman–Crippen MR) is 59.7 cm³/mol. The highest BCUT2D eigenvalue weighted by Crippen LogP contribution is 2.28. The number of aromatic amines is 1. The average molecular weight is 239 g/mol. The Kier molecular flexibility index (Phi) is 3.73. The summed E-state index contributed by atoms with van der Waals surface area (Å²) in [6.45, 7) is 4.87. The molecule has 94 valence electrons. The molecule has 2 atom stereocenters. The van der Waals surface area contributed by atoms with Gasteiger partial charge < -0.3 is 9.47 Å². The van der Waals surface area contributed by atoms with Crippen molar-refractivity contribution in [3.05, 3.63) is 11.4 Å². The lowest BCUT2D eigenvalue weighted by Crippen LogP contribution is -2.18. The first-order valence-corrected chi connectivity index (χ1v) is 5.93. The van der Waals surface area contributed by atoms with Crippen LogP contribution < -0.4 is 0 Å². The number of H-pyrrole nitrogens is 1. The molecule has 17 heavy (non-hydrogen) atoms. The molecule has 6 nitrogen and oxygen atoms in total. The minimum atomic E-state index is -0.430. The largest absolute Gasteiger partial charge is 0.461 e. The Morgan fingerprint density at radius 2 is 2.47 bits per heavy atom. The molecule has 2 heterocycles. The molecule has 2 unspecified atom stereocenters. The molecule has 1 N–H and O–H groups in total. The Morgan fingerprint density at radius 1 is 1.65 bits per heavy atom. The molecule has 2 rings (SSSR count). The van der Waals surface area contributed by atoms with Crippen LogP contribution in [0.25, 0.3) is 0 Å². The SMILES string of the molecule is CCOC(=O)c1n[nH]nc1C(C)C1CCCO1. The Morgan fingerprint density at radius 3 is 3.12 bits per heavy atom. The highest BCUT2D eigenvalue weighted by atomic mass is 16.5. The fourth-order valence-corrected chi connectivity index (χ4v) is 2.08. The number of hydrogen-bond acceptors (Lipinski definition) is 5. The summed E-state index contributed by atoms with van der Waals surface area (Å²) in [5.74, 6) is -0.378. The lowest BCUT2D eigenvalue weighted by molar-refractivity contribution is 0.0513. The highest BCUT2D eigenvalue weighted by molar-refractivity contribution is 5.88. The number of carbonyl (C=O) groups excluding carboxylic acids is 1. The molecule has 1 aliphatic heterocycles. The number of aromatic nitrogens is 3. The Hall–Kier alpha value is -1.43. The van der Waals surface area contributed by atoms with Crippen LogP contribution in [0, 0.1) is 0 Å². The van der Waals surface area contributed by atoms with E-state index in [0.717, 1.165) is 19.4 Å². The van der Waals surface area contributed by atoms with E-state index < -0.39 is 5.97 Å².